The largest absolute Gasteiger partial charge is 0.241 e. The fourth-order valence-corrected chi connectivity index (χ4v) is 0.657. The molecule has 0 radical (unpaired) electrons. The molecule has 0 unspecified atom stereocenters. The van der Waals surface area contributed by atoms with Crippen LogP contribution in [0.3, 0.4) is 0 Å². The van der Waals surface area contributed by atoms with Crippen LogP contribution >= 0.6 is 11.6 Å². The Hall–Kier alpha value is -1.14. The minimum absolute atomic E-state index is 0.0833. The summed E-state index contributed by atoms with van der Waals surface area (Å²) in [5.41, 5.74) is -0.0833. The lowest BCUT2D eigenvalue weighted by atomic mass is 10.3. The minimum atomic E-state index is -0.646. The smallest absolute Gasteiger partial charge is 0.159 e. The zero-order chi connectivity index (χ0) is 7.56. The maximum Gasteiger partial charge on any atom is 0.159 e. The van der Waals surface area contributed by atoms with Gasteiger partial charge in [-0.1, -0.05) is 11.6 Å². The number of rotatable bonds is 0. The molecule has 1 aromatic rings. The van der Waals surface area contributed by atoms with E-state index in [4.69, 9.17) is 16.9 Å². The third-order valence-corrected chi connectivity index (χ3v) is 1.15. The van der Waals surface area contributed by atoms with Gasteiger partial charge in [-0.25, -0.2) is 9.37 Å². The molecule has 0 bridgehead atoms. The average molecular weight is 157 g/mol. The lowest BCUT2D eigenvalue weighted by molar-refractivity contribution is 0.617. The highest BCUT2D eigenvalue weighted by molar-refractivity contribution is 6.29. The van der Waals surface area contributed by atoms with Crippen molar-refractivity contribution in [3.05, 3.63) is 28.8 Å². The Morgan fingerprint density at radius 3 is 2.90 bits per heavy atom. The Labute approximate surface area is 61.9 Å². The van der Waals surface area contributed by atoms with Crippen LogP contribution in [0.4, 0.5) is 4.39 Å². The van der Waals surface area contributed by atoms with Crippen molar-refractivity contribution in [3.63, 3.8) is 0 Å². The first-order valence-corrected chi connectivity index (χ1v) is 2.83. The van der Waals surface area contributed by atoms with Gasteiger partial charge in [-0.15, -0.1) is 0 Å². The van der Waals surface area contributed by atoms with Gasteiger partial charge in [0.2, 0.25) is 0 Å². The van der Waals surface area contributed by atoms with Crippen molar-refractivity contribution in [3.8, 4) is 6.07 Å². The Kier molecular flexibility index (Phi) is 1.83. The van der Waals surface area contributed by atoms with Crippen molar-refractivity contribution >= 4 is 11.6 Å². The normalized spacial score (nSPS) is 8.90. The summed E-state index contributed by atoms with van der Waals surface area (Å²) in [6.07, 6.45) is 0.918. The van der Waals surface area contributed by atoms with E-state index < -0.39 is 5.82 Å². The highest BCUT2D eigenvalue weighted by atomic mass is 35.5. The molecule has 1 heterocycles. The molecule has 0 saturated carbocycles. The highest BCUT2D eigenvalue weighted by Crippen LogP contribution is 2.09. The standard InChI is InChI=1S/C6H2ClFN2/c7-6-1-4(2-9)5(8)3-10-6/h1,3H. The summed E-state index contributed by atoms with van der Waals surface area (Å²) in [6, 6.07) is 2.81. The SMILES string of the molecule is N#Cc1cc(Cl)ncc1F. The summed E-state index contributed by atoms with van der Waals surface area (Å²) < 4.78 is 12.4. The van der Waals surface area contributed by atoms with Gasteiger partial charge >= 0.3 is 0 Å². The topological polar surface area (TPSA) is 36.7 Å². The molecule has 0 aromatic carbocycles. The van der Waals surface area contributed by atoms with E-state index in [1.165, 1.54) is 6.07 Å². The van der Waals surface area contributed by atoms with Gasteiger partial charge in [0.1, 0.15) is 11.2 Å². The van der Waals surface area contributed by atoms with Crippen molar-refractivity contribution in [1.29, 1.82) is 5.26 Å². The second-order valence-corrected chi connectivity index (χ2v) is 1.99. The molecule has 1 aromatic heterocycles. The maximum atomic E-state index is 12.4. The number of halogens is 2. The van der Waals surface area contributed by atoms with Crippen LogP contribution in [-0.2, 0) is 0 Å². The van der Waals surface area contributed by atoms with Crippen LogP contribution in [0, 0.1) is 17.1 Å². The molecule has 0 atom stereocenters. The van der Waals surface area contributed by atoms with E-state index in [0.717, 1.165) is 6.20 Å². The molecule has 0 saturated heterocycles. The van der Waals surface area contributed by atoms with E-state index in [0.29, 0.717) is 0 Å². The number of nitriles is 1. The first-order chi connectivity index (χ1) is 4.74. The molecule has 0 aliphatic rings. The van der Waals surface area contributed by atoms with Crippen LogP contribution in [0.1, 0.15) is 5.56 Å². The molecule has 0 aliphatic carbocycles. The zero-order valence-corrected chi connectivity index (χ0v) is 5.56. The number of hydrogen-bond acceptors (Lipinski definition) is 2. The van der Waals surface area contributed by atoms with Crippen LogP contribution < -0.4 is 0 Å². The first kappa shape index (κ1) is 6.97. The number of pyridine rings is 1. The van der Waals surface area contributed by atoms with Gasteiger partial charge in [0.05, 0.1) is 11.8 Å². The molecule has 0 fully saturated rings. The Morgan fingerprint density at radius 2 is 2.40 bits per heavy atom. The van der Waals surface area contributed by atoms with Crippen molar-refractivity contribution in [2.24, 2.45) is 0 Å². The van der Waals surface area contributed by atoms with Gasteiger partial charge in [0, 0.05) is 0 Å². The van der Waals surface area contributed by atoms with E-state index in [9.17, 15) is 4.39 Å². The molecule has 0 amide bonds. The number of nitrogens with zero attached hydrogens (tertiary/aromatic N) is 2. The predicted octanol–water partition coefficient (Wildman–Crippen LogP) is 1.75. The summed E-state index contributed by atoms with van der Waals surface area (Å²) in [5.74, 6) is -0.646. The lowest BCUT2D eigenvalue weighted by Gasteiger charge is -1.90. The maximum absolute atomic E-state index is 12.4. The summed E-state index contributed by atoms with van der Waals surface area (Å²) >= 11 is 5.37. The highest BCUT2D eigenvalue weighted by Gasteiger charge is 2.00. The molecular formula is C6H2ClFN2. The molecular weight excluding hydrogens is 155 g/mol. The summed E-state index contributed by atoms with van der Waals surface area (Å²) in [5, 5.41) is 8.39. The predicted molar refractivity (Wildman–Crippen MR) is 33.9 cm³/mol. The van der Waals surface area contributed by atoms with Gasteiger partial charge in [-0.2, -0.15) is 5.26 Å². The van der Waals surface area contributed by atoms with Gasteiger partial charge < -0.3 is 0 Å². The van der Waals surface area contributed by atoms with Crippen LogP contribution in [0.15, 0.2) is 12.3 Å². The van der Waals surface area contributed by atoms with Gasteiger partial charge in [-0.05, 0) is 6.07 Å². The summed E-state index contributed by atoms with van der Waals surface area (Å²) in [6.45, 7) is 0. The molecule has 4 heteroatoms. The van der Waals surface area contributed by atoms with Crippen molar-refractivity contribution in [2.45, 2.75) is 0 Å². The fourth-order valence-electron chi connectivity index (χ4n) is 0.499. The molecule has 0 N–H and O–H groups in total. The summed E-state index contributed by atoms with van der Waals surface area (Å²) in [7, 11) is 0. The Morgan fingerprint density at radius 1 is 1.70 bits per heavy atom. The number of aromatic nitrogens is 1. The Balaban J connectivity index is 3.25. The molecule has 10 heavy (non-hydrogen) atoms. The molecule has 2 nitrogen and oxygen atoms in total. The fraction of sp³-hybridized carbons (Fsp3) is 0. The lowest BCUT2D eigenvalue weighted by Crippen LogP contribution is -1.84. The van der Waals surface area contributed by atoms with E-state index in [-0.39, 0.29) is 10.7 Å². The minimum Gasteiger partial charge on any atom is -0.241 e. The van der Waals surface area contributed by atoms with Crippen LogP contribution in [0.5, 0.6) is 0 Å². The quantitative estimate of drug-likeness (QED) is 0.537. The van der Waals surface area contributed by atoms with Crippen LogP contribution in [0.25, 0.3) is 0 Å². The van der Waals surface area contributed by atoms with Gasteiger partial charge in [0.25, 0.3) is 0 Å². The molecule has 0 aliphatic heterocycles. The van der Waals surface area contributed by atoms with Gasteiger partial charge in [0.15, 0.2) is 5.82 Å². The third kappa shape index (κ3) is 1.23. The molecule has 1 rings (SSSR count). The van der Waals surface area contributed by atoms with E-state index in [2.05, 4.69) is 4.98 Å². The van der Waals surface area contributed by atoms with E-state index in [1.807, 2.05) is 0 Å². The monoisotopic (exact) mass is 156 g/mol. The van der Waals surface area contributed by atoms with Crippen LogP contribution in [-0.4, -0.2) is 4.98 Å². The number of hydrogen-bond donors (Lipinski definition) is 0. The zero-order valence-electron chi connectivity index (χ0n) is 4.81. The second-order valence-electron chi connectivity index (χ2n) is 1.60. The van der Waals surface area contributed by atoms with Crippen molar-refractivity contribution in [2.75, 3.05) is 0 Å². The van der Waals surface area contributed by atoms with Gasteiger partial charge in [-0.3, -0.25) is 0 Å². The van der Waals surface area contributed by atoms with Crippen LogP contribution in [0.2, 0.25) is 5.15 Å². The third-order valence-electron chi connectivity index (χ3n) is 0.942. The second kappa shape index (κ2) is 2.63. The summed E-state index contributed by atoms with van der Waals surface area (Å²) in [4.78, 5) is 3.43. The Bertz CT molecular complexity index is 292. The van der Waals surface area contributed by atoms with E-state index >= 15 is 0 Å². The molecule has 0 spiro atoms. The van der Waals surface area contributed by atoms with Crippen molar-refractivity contribution < 1.29 is 4.39 Å². The van der Waals surface area contributed by atoms with E-state index in [1.54, 1.807) is 6.07 Å². The van der Waals surface area contributed by atoms with Crippen molar-refractivity contribution in [1.82, 2.24) is 4.98 Å². The first-order valence-electron chi connectivity index (χ1n) is 2.45. The average Bonchev–Trinajstić information content (AvgIpc) is 1.94. The molecule has 50 valence electrons.